The van der Waals surface area contributed by atoms with E-state index in [0.717, 1.165) is 24.0 Å². The summed E-state index contributed by atoms with van der Waals surface area (Å²) in [5.41, 5.74) is 0.878. The third kappa shape index (κ3) is 6.42. The Kier molecular flexibility index (Phi) is 7.96. The zero-order chi connectivity index (χ0) is 27.2. The van der Waals surface area contributed by atoms with Gasteiger partial charge in [0.25, 0.3) is 0 Å². The average molecular weight is 501 g/mol. The fraction of sp³-hybridized carbons (Fsp3) is 0.760. The zero-order valence-electron chi connectivity index (χ0n) is 24.3. The predicted molar refractivity (Wildman–Crippen MR) is 145 cm³/mol. The second-order valence-electron chi connectivity index (χ2n) is 13.1. The van der Waals surface area contributed by atoms with E-state index in [1.165, 1.54) is 0 Å². The van der Waals surface area contributed by atoms with Gasteiger partial charge in [-0.15, -0.1) is 0 Å². The summed E-state index contributed by atoms with van der Waals surface area (Å²) in [7, 11) is 3.55. The van der Waals surface area contributed by atoms with Crippen molar-refractivity contribution in [3.8, 4) is 0 Å². The standard InChI is InChI=1S/C16H30BN3O2.C9H15BN2O2/c1-14(2,11-19(7)8)12-20-10-13(9-18-20)17-21-15(3,4)16(5,6)22-17;1-8(2)9(3,4)14-10(13-8)7-5-11-12-6-7/h9-10H,11-12H2,1-8H3;5-6H,1-4H3,(H,11,12). The van der Waals surface area contributed by atoms with Crippen molar-refractivity contribution in [2.75, 3.05) is 20.6 Å². The molecule has 2 fully saturated rings. The second-order valence-corrected chi connectivity index (χ2v) is 13.1. The highest BCUT2D eigenvalue weighted by Gasteiger charge is 2.53. The number of rotatable bonds is 6. The summed E-state index contributed by atoms with van der Waals surface area (Å²) >= 11 is 0. The molecule has 0 aromatic carbocycles. The molecule has 11 heteroatoms. The first-order valence-corrected chi connectivity index (χ1v) is 12.7. The molecule has 4 heterocycles. The normalized spacial score (nSPS) is 22.1. The van der Waals surface area contributed by atoms with E-state index in [0.29, 0.717) is 0 Å². The van der Waals surface area contributed by atoms with Crippen molar-refractivity contribution in [2.24, 2.45) is 5.41 Å². The van der Waals surface area contributed by atoms with Crippen LogP contribution in [0.25, 0.3) is 0 Å². The molecule has 0 radical (unpaired) electrons. The molecular formula is C25H45B2N5O4. The molecule has 2 aliphatic heterocycles. The molecule has 0 aliphatic carbocycles. The number of nitrogens with one attached hydrogen (secondary N) is 1. The number of aromatic amines is 1. The quantitative estimate of drug-likeness (QED) is 0.609. The van der Waals surface area contributed by atoms with Crippen LogP contribution in [0.3, 0.4) is 0 Å². The van der Waals surface area contributed by atoms with Gasteiger partial charge in [0, 0.05) is 48.8 Å². The Labute approximate surface area is 217 Å². The number of hydrogen-bond acceptors (Lipinski definition) is 7. The Morgan fingerprint density at radius 2 is 1.31 bits per heavy atom. The van der Waals surface area contributed by atoms with Crippen molar-refractivity contribution >= 4 is 25.2 Å². The smallest absolute Gasteiger partial charge is 0.399 e. The first kappa shape index (κ1) is 28.9. The maximum atomic E-state index is 6.07. The Hall–Kier alpha value is -1.65. The summed E-state index contributed by atoms with van der Waals surface area (Å²) in [5, 5.41) is 11.1. The molecule has 0 spiro atoms. The Morgan fingerprint density at radius 3 is 1.72 bits per heavy atom. The summed E-state index contributed by atoms with van der Waals surface area (Å²) in [6.45, 7) is 22.8. The maximum Gasteiger partial charge on any atom is 0.498 e. The van der Waals surface area contributed by atoms with E-state index in [4.69, 9.17) is 18.6 Å². The molecule has 2 aromatic heterocycles. The second kappa shape index (κ2) is 9.91. The number of H-pyrrole nitrogens is 1. The lowest BCUT2D eigenvalue weighted by Crippen LogP contribution is -2.41. The van der Waals surface area contributed by atoms with Crippen LogP contribution in [0.2, 0.25) is 0 Å². The van der Waals surface area contributed by atoms with Crippen molar-refractivity contribution in [1.82, 2.24) is 24.9 Å². The molecule has 0 saturated carbocycles. The Morgan fingerprint density at radius 1 is 0.833 bits per heavy atom. The van der Waals surface area contributed by atoms with Crippen LogP contribution in [-0.4, -0.2) is 82.2 Å². The molecule has 0 unspecified atom stereocenters. The molecule has 4 rings (SSSR count). The van der Waals surface area contributed by atoms with E-state index in [1.807, 2.05) is 44.8 Å². The van der Waals surface area contributed by atoms with E-state index < -0.39 is 0 Å². The lowest BCUT2D eigenvalue weighted by atomic mass is 9.82. The predicted octanol–water partition coefficient (Wildman–Crippen LogP) is 2.48. The highest BCUT2D eigenvalue weighted by Crippen LogP contribution is 2.37. The Balaban J connectivity index is 0.000000221. The van der Waals surface area contributed by atoms with E-state index in [1.54, 1.807) is 12.4 Å². The molecular weight excluding hydrogens is 456 g/mol. The largest absolute Gasteiger partial charge is 0.498 e. The van der Waals surface area contributed by atoms with Gasteiger partial charge in [0.2, 0.25) is 0 Å². The Bertz CT molecular complexity index is 970. The number of aromatic nitrogens is 4. The topological polar surface area (TPSA) is 86.7 Å². The summed E-state index contributed by atoms with van der Waals surface area (Å²) < 4.78 is 25.8. The van der Waals surface area contributed by atoms with Crippen molar-refractivity contribution < 1.29 is 18.6 Å². The summed E-state index contributed by atoms with van der Waals surface area (Å²) in [6.07, 6.45) is 7.41. The van der Waals surface area contributed by atoms with Gasteiger partial charge in [0.15, 0.2) is 0 Å². The van der Waals surface area contributed by atoms with Crippen LogP contribution in [0.5, 0.6) is 0 Å². The fourth-order valence-electron chi connectivity index (χ4n) is 4.28. The minimum Gasteiger partial charge on any atom is -0.399 e. The highest BCUT2D eigenvalue weighted by molar-refractivity contribution is 6.62. The maximum absolute atomic E-state index is 6.07. The van der Waals surface area contributed by atoms with Gasteiger partial charge in [-0.3, -0.25) is 9.78 Å². The molecule has 0 amide bonds. The van der Waals surface area contributed by atoms with E-state index >= 15 is 0 Å². The molecule has 9 nitrogen and oxygen atoms in total. The van der Waals surface area contributed by atoms with Crippen LogP contribution in [0.1, 0.15) is 69.2 Å². The molecule has 2 aliphatic rings. The lowest BCUT2D eigenvalue weighted by Gasteiger charge is -2.32. The van der Waals surface area contributed by atoms with E-state index in [-0.39, 0.29) is 42.1 Å². The van der Waals surface area contributed by atoms with Gasteiger partial charge >= 0.3 is 14.2 Å². The fourth-order valence-corrected chi connectivity index (χ4v) is 4.28. The van der Waals surface area contributed by atoms with Gasteiger partial charge in [-0.25, -0.2) is 0 Å². The molecule has 200 valence electrons. The molecule has 1 N–H and O–H groups in total. The summed E-state index contributed by atoms with van der Waals surface area (Å²) in [4.78, 5) is 2.21. The average Bonchev–Trinajstić information content (AvgIpc) is 3.43. The molecule has 36 heavy (non-hydrogen) atoms. The SMILES string of the molecule is CC1(C)OB(c2cn[nH]c2)OC1(C)C.CN(C)CC(C)(C)Cn1cc(B2OC(C)(C)C(C)(C)O2)cn1. The van der Waals surface area contributed by atoms with Gasteiger partial charge in [-0.05, 0) is 74.9 Å². The first-order valence-electron chi connectivity index (χ1n) is 12.7. The van der Waals surface area contributed by atoms with Gasteiger partial charge in [-0.1, -0.05) is 13.8 Å². The summed E-state index contributed by atoms with van der Waals surface area (Å²) in [6, 6.07) is 0. The molecule has 2 aromatic rings. The molecule has 0 atom stereocenters. The summed E-state index contributed by atoms with van der Waals surface area (Å²) in [5.74, 6) is 0. The van der Waals surface area contributed by atoms with Crippen molar-refractivity contribution in [2.45, 2.75) is 98.2 Å². The van der Waals surface area contributed by atoms with Crippen molar-refractivity contribution in [3.63, 3.8) is 0 Å². The van der Waals surface area contributed by atoms with Crippen LogP contribution in [-0.2, 0) is 25.2 Å². The number of nitrogens with zero attached hydrogens (tertiary/aromatic N) is 4. The van der Waals surface area contributed by atoms with E-state index in [9.17, 15) is 0 Å². The third-order valence-electron chi connectivity index (χ3n) is 7.56. The van der Waals surface area contributed by atoms with Crippen LogP contribution >= 0.6 is 0 Å². The highest BCUT2D eigenvalue weighted by atomic mass is 16.7. The van der Waals surface area contributed by atoms with Crippen LogP contribution in [0.15, 0.2) is 24.8 Å². The molecule has 0 bridgehead atoms. The minimum atomic E-state index is -0.337. The van der Waals surface area contributed by atoms with Gasteiger partial charge in [0.05, 0.1) is 22.4 Å². The van der Waals surface area contributed by atoms with Gasteiger partial charge < -0.3 is 23.5 Å². The lowest BCUT2D eigenvalue weighted by molar-refractivity contribution is 0.00578. The molecule has 2 saturated heterocycles. The number of hydrogen-bond donors (Lipinski definition) is 1. The van der Waals surface area contributed by atoms with Gasteiger partial charge in [-0.2, -0.15) is 10.2 Å². The minimum absolute atomic E-state index is 0.155. The van der Waals surface area contributed by atoms with Crippen molar-refractivity contribution in [1.29, 1.82) is 0 Å². The zero-order valence-corrected chi connectivity index (χ0v) is 24.3. The van der Waals surface area contributed by atoms with Crippen LogP contribution in [0, 0.1) is 5.41 Å². The monoisotopic (exact) mass is 501 g/mol. The van der Waals surface area contributed by atoms with Crippen molar-refractivity contribution in [3.05, 3.63) is 24.8 Å². The first-order chi connectivity index (χ1) is 16.3. The van der Waals surface area contributed by atoms with Gasteiger partial charge in [0.1, 0.15) is 0 Å². The van der Waals surface area contributed by atoms with E-state index in [2.05, 4.69) is 75.8 Å². The third-order valence-corrected chi connectivity index (χ3v) is 7.56. The van der Waals surface area contributed by atoms with Crippen LogP contribution < -0.4 is 10.9 Å². The van der Waals surface area contributed by atoms with Crippen LogP contribution in [0.4, 0.5) is 0 Å².